The molecule has 18 heavy (non-hydrogen) atoms. The average Bonchev–Trinajstić information content (AvgIpc) is 2.94. The van der Waals surface area contributed by atoms with Crippen LogP contribution in [0.3, 0.4) is 0 Å². The van der Waals surface area contributed by atoms with Crippen LogP contribution >= 0.6 is 0 Å². The van der Waals surface area contributed by atoms with Gasteiger partial charge in [-0.1, -0.05) is 12.1 Å². The summed E-state index contributed by atoms with van der Waals surface area (Å²) in [7, 11) is 0. The van der Waals surface area contributed by atoms with Gasteiger partial charge in [0.25, 0.3) is 0 Å². The second-order valence-corrected chi connectivity index (χ2v) is 4.29. The summed E-state index contributed by atoms with van der Waals surface area (Å²) in [4.78, 5) is 4.33. The third kappa shape index (κ3) is 2.02. The third-order valence-electron chi connectivity index (χ3n) is 2.84. The van der Waals surface area contributed by atoms with Gasteiger partial charge in [0.05, 0.1) is 18.8 Å². The predicted octanol–water partition coefficient (Wildman–Crippen LogP) is 3.01. The van der Waals surface area contributed by atoms with E-state index in [0.29, 0.717) is 12.3 Å². The quantitative estimate of drug-likeness (QED) is 0.768. The van der Waals surface area contributed by atoms with Gasteiger partial charge in [-0.05, 0) is 25.1 Å². The first-order valence-electron chi connectivity index (χ1n) is 5.80. The van der Waals surface area contributed by atoms with Crippen molar-refractivity contribution in [3.05, 3.63) is 53.8 Å². The third-order valence-corrected chi connectivity index (χ3v) is 2.84. The van der Waals surface area contributed by atoms with Crippen molar-refractivity contribution in [1.82, 2.24) is 4.98 Å². The molecule has 1 unspecified atom stereocenters. The lowest BCUT2D eigenvalue weighted by atomic mass is 10.1. The fraction of sp³-hybridized carbons (Fsp3) is 0.214. The number of hydrogen-bond donors (Lipinski definition) is 1. The summed E-state index contributed by atoms with van der Waals surface area (Å²) in [6.45, 7) is 1.84. The highest BCUT2D eigenvalue weighted by Crippen LogP contribution is 2.22. The molecule has 3 aromatic rings. The molecule has 0 bridgehead atoms. The van der Waals surface area contributed by atoms with Gasteiger partial charge in [-0.3, -0.25) is 0 Å². The van der Waals surface area contributed by atoms with E-state index >= 15 is 0 Å². The molecule has 0 amide bonds. The van der Waals surface area contributed by atoms with Crippen molar-refractivity contribution >= 4 is 11.1 Å². The molecule has 92 valence electrons. The Kier molecular flexibility index (Phi) is 2.64. The van der Waals surface area contributed by atoms with Crippen LogP contribution in [0.5, 0.6) is 0 Å². The number of para-hydroxylation sites is 2. The Hall–Kier alpha value is -2.07. The first kappa shape index (κ1) is 11.0. The molecule has 0 aliphatic heterocycles. The number of nitrogens with zero attached hydrogens (tertiary/aromatic N) is 1. The van der Waals surface area contributed by atoms with Crippen molar-refractivity contribution in [3.63, 3.8) is 0 Å². The number of rotatable bonds is 3. The number of benzene rings is 1. The number of aromatic nitrogens is 1. The van der Waals surface area contributed by atoms with E-state index in [-0.39, 0.29) is 0 Å². The second kappa shape index (κ2) is 4.31. The van der Waals surface area contributed by atoms with E-state index in [9.17, 15) is 5.11 Å². The molecule has 0 fully saturated rings. The molecule has 0 spiro atoms. The first-order chi connectivity index (χ1) is 8.72. The Morgan fingerprint density at radius 1 is 1.33 bits per heavy atom. The largest absolute Gasteiger partial charge is 0.469 e. The van der Waals surface area contributed by atoms with E-state index < -0.39 is 6.10 Å². The molecule has 0 saturated heterocycles. The van der Waals surface area contributed by atoms with E-state index in [0.717, 1.165) is 22.4 Å². The Bertz CT molecular complexity index is 635. The highest BCUT2D eigenvalue weighted by atomic mass is 16.4. The summed E-state index contributed by atoms with van der Waals surface area (Å²) < 4.78 is 10.7. The van der Waals surface area contributed by atoms with E-state index in [1.54, 1.807) is 6.26 Å². The zero-order chi connectivity index (χ0) is 12.5. The fourth-order valence-corrected chi connectivity index (χ4v) is 1.93. The molecule has 1 atom stereocenters. The van der Waals surface area contributed by atoms with Crippen LogP contribution < -0.4 is 0 Å². The summed E-state index contributed by atoms with van der Waals surface area (Å²) in [6, 6.07) is 9.36. The van der Waals surface area contributed by atoms with Crippen molar-refractivity contribution in [2.75, 3.05) is 0 Å². The van der Waals surface area contributed by atoms with Crippen LogP contribution in [0.4, 0.5) is 0 Å². The number of furan rings is 1. The maximum Gasteiger partial charge on any atom is 0.198 e. The second-order valence-electron chi connectivity index (χ2n) is 4.29. The van der Waals surface area contributed by atoms with E-state index in [1.165, 1.54) is 0 Å². The van der Waals surface area contributed by atoms with Crippen molar-refractivity contribution in [3.8, 4) is 0 Å². The minimum absolute atomic E-state index is 0.341. The number of aliphatic hydroxyl groups is 1. The molecule has 4 heteroatoms. The molecule has 4 nitrogen and oxygen atoms in total. The number of fused-ring (bicyclic) bond motifs is 1. The van der Waals surface area contributed by atoms with Crippen molar-refractivity contribution in [2.45, 2.75) is 19.4 Å². The van der Waals surface area contributed by atoms with Gasteiger partial charge >= 0.3 is 0 Å². The predicted molar refractivity (Wildman–Crippen MR) is 66.1 cm³/mol. The highest BCUT2D eigenvalue weighted by Gasteiger charge is 2.15. The Morgan fingerprint density at radius 2 is 2.17 bits per heavy atom. The first-order valence-corrected chi connectivity index (χ1v) is 5.80. The zero-order valence-corrected chi connectivity index (χ0v) is 9.96. The standard InChI is InChI=1S/C14H13NO3/c1-9-6-10(8-17-9)12(16)7-14-15-11-4-2-3-5-13(11)18-14/h2-6,8,12,16H,7H2,1H3. The van der Waals surface area contributed by atoms with E-state index in [2.05, 4.69) is 4.98 Å². The topological polar surface area (TPSA) is 59.4 Å². The van der Waals surface area contributed by atoms with Crippen LogP contribution in [-0.4, -0.2) is 10.1 Å². The molecule has 2 aromatic heterocycles. The molecular weight excluding hydrogens is 230 g/mol. The highest BCUT2D eigenvalue weighted by molar-refractivity contribution is 5.72. The van der Waals surface area contributed by atoms with Crippen LogP contribution in [0.2, 0.25) is 0 Å². The molecular formula is C14H13NO3. The van der Waals surface area contributed by atoms with Crippen LogP contribution in [0.15, 0.2) is 45.4 Å². The summed E-state index contributed by atoms with van der Waals surface area (Å²) in [6.07, 6.45) is 1.24. The molecule has 0 aliphatic rings. The van der Waals surface area contributed by atoms with Crippen LogP contribution in [0, 0.1) is 6.92 Å². The average molecular weight is 243 g/mol. The minimum Gasteiger partial charge on any atom is -0.469 e. The van der Waals surface area contributed by atoms with Gasteiger partial charge in [-0.15, -0.1) is 0 Å². The summed E-state index contributed by atoms with van der Waals surface area (Å²) in [5.41, 5.74) is 2.29. The molecule has 1 N–H and O–H groups in total. The van der Waals surface area contributed by atoms with Crippen molar-refractivity contribution in [2.24, 2.45) is 0 Å². The van der Waals surface area contributed by atoms with Gasteiger partial charge in [-0.2, -0.15) is 0 Å². The molecule has 3 rings (SSSR count). The lowest BCUT2D eigenvalue weighted by molar-refractivity contribution is 0.168. The Morgan fingerprint density at radius 3 is 2.89 bits per heavy atom. The molecule has 0 aliphatic carbocycles. The molecule has 0 saturated carbocycles. The summed E-state index contributed by atoms with van der Waals surface area (Å²) >= 11 is 0. The van der Waals surface area contributed by atoms with Crippen LogP contribution in [0.1, 0.15) is 23.3 Å². The van der Waals surface area contributed by atoms with Gasteiger partial charge in [0.15, 0.2) is 11.5 Å². The number of hydrogen-bond acceptors (Lipinski definition) is 4. The maximum absolute atomic E-state index is 10.1. The smallest absolute Gasteiger partial charge is 0.198 e. The zero-order valence-electron chi connectivity index (χ0n) is 9.96. The van der Waals surface area contributed by atoms with Gasteiger partial charge in [0, 0.05) is 5.56 Å². The summed E-state index contributed by atoms with van der Waals surface area (Å²) in [5.74, 6) is 1.31. The number of oxazole rings is 1. The van der Waals surface area contributed by atoms with E-state index in [1.807, 2.05) is 37.3 Å². The molecule has 2 heterocycles. The monoisotopic (exact) mass is 243 g/mol. The number of aryl methyl sites for hydroxylation is 1. The van der Waals surface area contributed by atoms with Gasteiger partial charge in [0.1, 0.15) is 11.3 Å². The maximum atomic E-state index is 10.1. The summed E-state index contributed by atoms with van der Waals surface area (Å²) in [5, 5.41) is 10.1. The van der Waals surface area contributed by atoms with Crippen LogP contribution in [0.25, 0.3) is 11.1 Å². The van der Waals surface area contributed by atoms with Crippen molar-refractivity contribution < 1.29 is 13.9 Å². The minimum atomic E-state index is -0.657. The Labute approximate surface area is 104 Å². The lowest BCUT2D eigenvalue weighted by Crippen LogP contribution is -2.00. The van der Waals surface area contributed by atoms with Gasteiger partial charge in [0.2, 0.25) is 0 Å². The molecule has 1 aromatic carbocycles. The van der Waals surface area contributed by atoms with E-state index in [4.69, 9.17) is 8.83 Å². The lowest BCUT2D eigenvalue weighted by Gasteiger charge is -2.03. The normalized spacial score (nSPS) is 13.0. The number of aliphatic hydroxyl groups excluding tert-OH is 1. The Balaban J connectivity index is 1.83. The van der Waals surface area contributed by atoms with Gasteiger partial charge < -0.3 is 13.9 Å². The SMILES string of the molecule is Cc1cc(C(O)Cc2nc3ccccc3o2)co1. The van der Waals surface area contributed by atoms with Crippen molar-refractivity contribution in [1.29, 1.82) is 0 Å². The molecule has 0 radical (unpaired) electrons. The fourth-order valence-electron chi connectivity index (χ4n) is 1.93. The van der Waals surface area contributed by atoms with Gasteiger partial charge in [-0.25, -0.2) is 4.98 Å². The van der Waals surface area contributed by atoms with Crippen LogP contribution in [-0.2, 0) is 6.42 Å².